The SMILES string of the molecule is O=S(O)C(CCCC1CO1)CC1CO1. The molecule has 1 N–H and O–H groups in total. The molecule has 2 rings (SSSR count). The van der Waals surface area contributed by atoms with E-state index >= 15 is 0 Å². The second kappa shape index (κ2) is 4.70. The Morgan fingerprint density at radius 1 is 1.36 bits per heavy atom. The first-order valence-corrected chi connectivity index (χ1v) is 6.25. The van der Waals surface area contributed by atoms with E-state index in [1.807, 2.05) is 0 Å². The summed E-state index contributed by atoms with van der Waals surface area (Å²) in [6.07, 6.45) is 4.22. The van der Waals surface area contributed by atoms with E-state index in [1.165, 1.54) is 0 Å². The summed E-state index contributed by atoms with van der Waals surface area (Å²) in [5, 5.41) is -0.110. The molecule has 2 aliphatic rings. The topological polar surface area (TPSA) is 62.4 Å². The van der Waals surface area contributed by atoms with Gasteiger partial charge in [0.2, 0.25) is 0 Å². The Morgan fingerprint density at radius 2 is 2.00 bits per heavy atom. The van der Waals surface area contributed by atoms with E-state index in [1.54, 1.807) is 0 Å². The Hall–Kier alpha value is 0.0300. The highest BCUT2D eigenvalue weighted by molar-refractivity contribution is 7.79. The molecule has 5 heteroatoms. The van der Waals surface area contributed by atoms with Gasteiger partial charge in [-0.15, -0.1) is 0 Å². The molecular weight excluding hydrogens is 204 g/mol. The third-order valence-electron chi connectivity index (χ3n) is 2.67. The molecule has 82 valence electrons. The summed E-state index contributed by atoms with van der Waals surface area (Å²) in [5.41, 5.74) is 0. The molecule has 0 aromatic heterocycles. The average molecular weight is 220 g/mol. The lowest BCUT2D eigenvalue weighted by atomic mass is 10.1. The smallest absolute Gasteiger partial charge is 0.156 e. The van der Waals surface area contributed by atoms with Crippen molar-refractivity contribution >= 4 is 11.1 Å². The van der Waals surface area contributed by atoms with Crippen molar-refractivity contribution in [3.63, 3.8) is 0 Å². The van der Waals surface area contributed by atoms with Crippen LogP contribution in [0, 0.1) is 0 Å². The van der Waals surface area contributed by atoms with Crippen LogP contribution in [-0.4, -0.2) is 39.4 Å². The zero-order valence-electron chi connectivity index (χ0n) is 8.05. The summed E-state index contributed by atoms with van der Waals surface area (Å²) in [7, 11) is 0. The fraction of sp³-hybridized carbons (Fsp3) is 1.00. The lowest BCUT2D eigenvalue weighted by Crippen LogP contribution is -2.17. The average Bonchev–Trinajstić information content (AvgIpc) is 2.98. The van der Waals surface area contributed by atoms with Crippen molar-refractivity contribution in [2.24, 2.45) is 0 Å². The van der Waals surface area contributed by atoms with Crippen LogP contribution in [0.3, 0.4) is 0 Å². The van der Waals surface area contributed by atoms with E-state index in [0.717, 1.165) is 38.9 Å². The first kappa shape index (κ1) is 10.5. The maximum absolute atomic E-state index is 11.0. The maximum atomic E-state index is 11.0. The largest absolute Gasteiger partial charge is 0.373 e. The molecule has 14 heavy (non-hydrogen) atoms. The minimum Gasteiger partial charge on any atom is -0.373 e. The van der Waals surface area contributed by atoms with Crippen LogP contribution in [0.4, 0.5) is 0 Å². The second-order valence-electron chi connectivity index (χ2n) is 3.98. The summed E-state index contributed by atoms with van der Waals surface area (Å²) in [6, 6.07) is 0. The molecule has 0 spiro atoms. The van der Waals surface area contributed by atoms with Crippen LogP contribution in [0.25, 0.3) is 0 Å². The number of hydrogen-bond donors (Lipinski definition) is 1. The van der Waals surface area contributed by atoms with Crippen molar-refractivity contribution in [2.75, 3.05) is 13.2 Å². The van der Waals surface area contributed by atoms with Gasteiger partial charge in [-0.05, 0) is 25.7 Å². The van der Waals surface area contributed by atoms with Gasteiger partial charge >= 0.3 is 0 Å². The molecule has 2 fully saturated rings. The highest BCUT2D eigenvalue weighted by atomic mass is 32.2. The van der Waals surface area contributed by atoms with Gasteiger partial charge in [0, 0.05) is 0 Å². The van der Waals surface area contributed by atoms with Gasteiger partial charge in [0.1, 0.15) is 0 Å². The Morgan fingerprint density at radius 3 is 2.50 bits per heavy atom. The van der Waals surface area contributed by atoms with Gasteiger partial charge < -0.3 is 14.0 Å². The molecule has 2 heterocycles. The van der Waals surface area contributed by atoms with Crippen molar-refractivity contribution in [3.05, 3.63) is 0 Å². The van der Waals surface area contributed by atoms with Crippen molar-refractivity contribution in [2.45, 2.75) is 43.1 Å². The molecule has 0 aliphatic carbocycles. The quantitative estimate of drug-likeness (QED) is 0.512. The number of hydrogen-bond acceptors (Lipinski definition) is 3. The van der Waals surface area contributed by atoms with E-state index in [4.69, 9.17) is 14.0 Å². The maximum Gasteiger partial charge on any atom is 0.156 e. The van der Waals surface area contributed by atoms with Crippen molar-refractivity contribution < 1.29 is 18.2 Å². The molecule has 0 amide bonds. The summed E-state index contributed by atoms with van der Waals surface area (Å²) >= 11 is -1.70. The third kappa shape index (κ3) is 3.65. The van der Waals surface area contributed by atoms with E-state index in [0.29, 0.717) is 6.10 Å². The molecule has 0 aromatic rings. The molecule has 2 aliphatic heterocycles. The van der Waals surface area contributed by atoms with E-state index in [9.17, 15) is 4.21 Å². The minimum absolute atomic E-state index is 0.110. The lowest BCUT2D eigenvalue weighted by Gasteiger charge is -2.10. The third-order valence-corrected chi connectivity index (χ3v) is 3.67. The van der Waals surface area contributed by atoms with Crippen molar-refractivity contribution in [1.82, 2.24) is 0 Å². The number of ether oxygens (including phenoxy) is 2. The first-order chi connectivity index (χ1) is 6.75. The van der Waals surface area contributed by atoms with Gasteiger partial charge in [-0.2, -0.15) is 0 Å². The van der Waals surface area contributed by atoms with Crippen LogP contribution in [0.15, 0.2) is 0 Å². The molecule has 0 bridgehead atoms. The Bertz CT molecular complexity index is 213. The Balaban J connectivity index is 1.63. The number of epoxide rings is 2. The highest BCUT2D eigenvalue weighted by Gasteiger charge is 2.30. The first-order valence-electron chi connectivity index (χ1n) is 5.08. The predicted molar refractivity (Wildman–Crippen MR) is 52.5 cm³/mol. The minimum atomic E-state index is -1.70. The normalized spacial score (nSPS) is 33.8. The second-order valence-corrected chi connectivity index (χ2v) is 5.19. The lowest BCUT2D eigenvalue weighted by molar-refractivity contribution is 0.373. The zero-order valence-corrected chi connectivity index (χ0v) is 8.87. The van der Waals surface area contributed by atoms with E-state index < -0.39 is 11.1 Å². The van der Waals surface area contributed by atoms with Crippen LogP contribution in [-0.2, 0) is 20.6 Å². The summed E-state index contributed by atoms with van der Waals surface area (Å²) in [4.78, 5) is 0. The zero-order chi connectivity index (χ0) is 9.97. The van der Waals surface area contributed by atoms with E-state index in [-0.39, 0.29) is 11.4 Å². The van der Waals surface area contributed by atoms with Crippen LogP contribution in [0.1, 0.15) is 25.7 Å². The number of rotatable bonds is 7. The Kier molecular flexibility index (Phi) is 3.54. The van der Waals surface area contributed by atoms with Gasteiger partial charge in [0.05, 0.1) is 30.7 Å². The van der Waals surface area contributed by atoms with Crippen LogP contribution < -0.4 is 0 Å². The fourth-order valence-corrected chi connectivity index (χ4v) is 2.35. The van der Waals surface area contributed by atoms with Gasteiger partial charge in [0.25, 0.3) is 0 Å². The van der Waals surface area contributed by atoms with Gasteiger partial charge in [0.15, 0.2) is 11.1 Å². The van der Waals surface area contributed by atoms with E-state index in [2.05, 4.69) is 0 Å². The fourth-order valence-electron chi connectivity index (χ4n) is 1.61. The molecule has 0 radical (unpaired) electrons. The Labute approximate surface area is 86.3 Å². The molecule has 2 saturated heterocycles. The van der Waals surface area contributed by atoms with Crippen molar-refractivity contribution in [1.29, 1.82) is 0 Å². The molecule has 4 unspecified atom stereocenters. The predicted octanol–water partition coefficient (Wildman–Crippen LogP) is 0.935. The van der Waals surface area contributed by atoms with Gasteiger partial charge in [-0.1, -0.05) is 0 Å². The summed E-state index contributed by atoms with van der Waals surface area (Å²) < 4.78 is 30.2. The molecule has 4 atom stereocenters. The molecular formula is C9H16O4S. The monoisotopic (exact) mass is 220 g/mol. The van der Waals surface area contributed by atoms with Gasteiger partial charge in [-0.25, -0.2) is 4.21 Å². The molecule has 0 saturated carbocycles. The van der Waals surface area contributed by atoms with Crippen LogP contribution >= 0.6 is 0 Å². The van der Waals surface area contributed by atoms with Crippen LogP contribution in [0.5, 0.6) is 0 Å². The highest BCUT2D eigenvalue weighted by Crippen LogP contribution is 2.23. The van der Waals surface area contributed by atoms with Crippen molar-refractivity contribution in [3.8, 4) is 0 Å². The standard InChI is InChI=1S/C9H16O4S/c10-14(11)9(4-8-6-13-8)3-1-2-7-5-12-7/h7-9H,1-6H2,(H,10,11). The molecule has 0 aromatic carbocycles. The summed E-state index contributed by atoms with van der Waals surface area (Å²) in [6.45, 7) is 1.64. The summed E-state index contributed by atoms with van der Waals surface area (Å²) in [5.74, 6) is 0. The molecule has 4 nitrogen and oxygen atoms in total. The van der Waals surface area contributed by atoms with Crippen LogP contribution in [0.2, 0.25) is 0 Å². The van der Waals surface area contributed by atoms with Gasteiger partial charge in [-0.3, -0.25) is 0 Å².